The molecule has 0 atom stereocenters. The number of amides is 1. The summed E-state index contributed by atoms with van der Waals surface area (Å²) < 4.78 is 5.18. The molecular formula is C21H26N6O2. The quantitative estimate of drug-likeness (QED) is 0.822. The van der Waals surface area contributed by atoms with Crippen molar-refractivity contribution in [1.29, 1.82) is 5.26 Å². The summed E-state index contributed by atoms with van der Waals surface area (Å²) in [6, 6.07) is 2.24. The zero-order chi connectivity index (χ0) is 20.4. The van der Waals surface area contributed by atoms with Crippen LogP contribution >= 0.6 is 0 Å². The number of aromatic nitrogens is 3. The fourth-order valence-corrected chi connectivity index (χ4v) is 4.56. The Balaban J connectivity index is 1.82. The molecule has 0 saturated heterocycles. The number of hydrogen-bond acceptors (Lipinski definition) is 6. The average molecular weight is 394 g/mol. The van der Waals surface area contributed by atoms with Crippen LogP contribution in [0, 0.1) is 11.3 Å². The lowest BCUT2D eigenvalue weighted by Crippen LogP contribution is -2.37. The van der Waals surface area contributed by atoms with Gasteiger partial charge in [0.05, 0.1) is 25.0 Å². The number of H-pyrrole nitrogens is 1. The molecule has 2 aromatic rings. The molecule has 3 N–H and O–H groups in total. The monoisotopic (exact) mass is 394 g/mol. The molecule has 1 saturated carbocycles. The van der Waals surface area contributed by atoms with Crippen LogP contribution in [0.15, 0.2) is 6.20 Å². The number of carbonyl (C=O) groups excluding carboxylic acids is 1. The number of nitrogens with one attached hydrogen (secondary N) is 1. The van der Waals surface area contributed by atoms with Gasteiger partial charge in [0, 0.05) is 41.3 Å². The second-order valence-corrected chi connectivity index (χ2v) is 7.69. The summed E-state index contributed by atoms with van der Waals surface area (Å²) in [5.74, 6) is 0.629. The van der Waals surface area contributed by atoms with Gasteiger partial charge in [0.15, 0.2) is 0 Å². The standard InChI is InChI=1S/C21H26N6O2/c1-2-29-21(28)27-9-8-17-16(12-27)18(14(10-22)20(23)25-17)15-11-24-26-19(15)13-6-4-3-5-7-13/h11,13H,2-9,12H2,1H3,(H2,23,25)(H,24,26). The Kier molecular flexibility index (Phi) is 5.38. The molecule has 0 spiro atoms. The summed E-state index contributed by atoms with van der Waals surface area (Å²) in [4.78, 5) is 18.5. The van der Waals surface area contributed by atoms with Crippen LogP contribution in [0.2, 0.25) is 0 Å². The van der Waals surface area contributed by atoms with E-state index >= 15 is 0 Å². The lowest BCUT2D eigenvalue weighted by Gasteiger charge is -2.30. The largest absolute Gasteiger partial charge is 0.450 e. The molecular weight excluding hydrogens is 368 g/mol. The van der Waals surface area contributed by atoms with Crippen molar-refractivity contribution in [2.24, 2.45) is 0 Å². The maximum atomic E-state index is 12.3. The molecule has 8 nitrogen and oxygen atoms in total. The first-order valence-corrected chi connectivity index (χ1v) is 10.3. The lowest BCUT2D eigenvalue weighted by atomic mass is 9.82. The molecule has 1 amide bonds. The zero-order valence-corrected chi connectivity index (χ0v) is 16.7. The van der Waals surface area contributed by atoms with E-state index in [1.54, 1.807) is 18.0 Å². The van der Waals surface area contributed by atoms with Gasteiger partial charge in [0.25, 0.3) is 0 Å². The van der Waals surface area contributed by atoms with Crippen LogP contribution in [0.25, 0.3) is 11.1 Å². The number of anilines is 1. The van der Waals surface area contributed by atoms with Crippen molar-refractivity contribution in [3.63, 3.8) is 0 Å². The highest BCUT2D eigenvalue weighted by molar-refractivity contribution is 5.81. The van der Waals surface area contributed by atoms with Crippen molar-refractivity contribution in [2.45, 2.75) is 57.9 Å². The number of nitrogen functional groups attached to an aromatic ring is 1. The maximum Gasteiger partial charge on any atom is 0.410 e. The Hall–Kier alpha value is -3.08. The first kappa shape index (κ1) is 19.2. The van der Waals surface area contributed by atoms with Gasteiger partial charge >= 0.3 is 6.09 Å². The highest BCUT2D eigenvalue weighted by Gasteiger charge is 2.31. The van der Waals surface area contributed by atoms with E-state index in [9.17, 15) is 10.1 Å². The summed E-state index contributed by atoms with van der Waals surface area (Å²) in [5, 5.41) is 17.3. The molecule has 2 aromatic heterocycles. The van der Waals surface area contributed by atoms with E-state index in [-0.39, 0.29) is 11.9 Å². The number of aromatic amines is 1. The minimum Gasteiger partial charge on any atom is -0.450 e. The molecule has 152 valence electrons. The number of nitrogens with two attached hydrogens (primary N) is 1. The third-order valence-electron chi connectivity index (χ3n) is 5.97. The SMILES string of the molecule is CCOC(=O)N1CCc2nc(N)c(C#N)c(-c3cn[nH]c3C3CCCCC3)c2C1. The lowest BCUT2D eigenvalue weighted by molar-refractivity contribution is 0.102. The first-order valence-electron chi connectivity index (χ1n) is 10.3. The van der Waals surface area contributed by atoms with Crippen molar-refractivity contribution in [1.82, 2.24) is 20.1 Å². The number of nitrogens with zero attached hydrogens (tertiary/aromatic N) is 4. The van der Waals surface area contributed by atoms with E-state index in [1.165, 1.54) is 19.3 Å². The fourth-order valence-electron chi connectivity index (χ4n) is 4.56. The molecule has 4 rings (SSSR count). The van der Waals surface area contributed by atoms with Crippen LogP contribution in [0.5, 0.6) is 0 Å². The Labute approximate surface area is 170 Å². The van der Waals surface area contributed by atoms with Crippen molar-refractivity contribution < 1.29 is 9.53 Å². The van der Waals surface area contributed by atoms with Gasteiger partial charge in [0.2, 0.25) is 0 Å². The van der Waals surface area contributed by atoms with Gasteiger partial charge < -0.3 is 15.4 Å². The van der Waals surface area contributed by atoms with E-state index in [0.29, 0.717) is 37.6 Å². The number of rotatable bonds is 3. The molecule has 0 bridgehead atoms. The Bertz CT molecular complexity index is 955. The summed E-state index contributed by atoms with van der Waals surface area (Å²) in [6.07, 6.45) is 7.87. The molecule has 2 aliphatic rings. The van der Waals surface area contributed by atoms with Crippen LogP contribution in [-0.2, 0) is 17.7 Å². The number of nitriles is 1. The molecule has 1 aliphatic heterocycles. The second kappa shape index (κ2) is 8.11. The van der Waals surface area contributed by atoms with Gasteiger partial charge in [-0.2, -0.15) is 10.4 Å². The molecule has 8 heteroatoms. The van der Waals surface area contributed by atoms with E-state index in [1.807, 2.05) is 0 Å². The topological polar surface area (TPSA) is 121 Å². The number of carbonyl (C=O) groups is 1. The fraction of sp³-hybridized carbons (Fsp3) is 0.524. The van der Waals surface area contributed by atoms with Gasteiger partial charge in [-0.25, -0.2) is 9.78 Å². The molecule has 0 aromatic carbocycles. The summed E-state index contributed by atoms with van der Waals surface area (Å²) in [6.45, 7) is 2.98. The number of ether oxygens (including phenoxy) is 1. The Morgan fingerprint density at radius 3 is 2.93 bits per heavy atom. The van der Waals surface area contributed by atoms with E-state index < -0.39 is 0 Å². The van der Waals surface area contributed by atoms with Gasteiger partial charge in [-0.3, -0.25) is 5.10 Å². The predicted octanol–water partition coefficient (Wildman–Crippen LogP) is 3.49. The van der Waals surface area contributed by atoms with Gasteiger partial charge in [-0.15, -0.1) is 0 Å². The van der Waals surface area contributed by atoms with Crippen LogP contribution in [0.3, 0.4) is 0 Å². The third kappa shape index (κ3) is 3.53. The summed E-state index contributed by atoms with van der Waals surface area (Å²) >= 11 is 0. The predicted molar refractivity (Wildman–Crippen MR) is 108 cm³/mol. The molecule has 0 unspecified atom stereocenters. The van der Waals surface area contributed by atoms with Crippen LogP contribution < -0.4 is 5.73 Å². The highest BCUT2D eigenvalue weighted by Crippen LogP contribution is 2.41. The summed E-state index contributed by atoms with van der Waals surface area (Å²) in [5.41, 5.74) is 11.0. The Morgan fingerprint density at radius 2 is 2.21 bits per heavy atom. The number of fused-ring (bicyclic) bond motifs is 1. The van der Waals surface area contributed by atoms with E-state index in [0.717, 1.165) is 40.9 Å². The van der Waals surface area contributed by atoms with Crippen molar-refractivity contribution in [2.75, 3.05) is 18.9 Å². The zero-order valence-electron chi connectivity index (χ0n) is 16.7. The minimum atomic E-state index is -0.348. The van der Waals surface area contributed by atoms with Gasteiger partial charge in [-0.1, -0.05) is 19.3 Å². The normalized spacial score (nSPS) is 16.9. The third-order valence-corrected chi connectivity index (χ3v) is 5.97. The molecule has 3 heterocycles. The van der Waals surface area contributed by atoms with Gasteiger partial charge in [-0.05, 0) is 19.8 Å². The maximum absolute atomic E-state index is 12.3. The average Bonchev–Trinajstić information content (AvgIpc) is 3.22. The van der Waals surface area contributed by atoms with Crippen LogP contribution in [-0.4, -0.2) is 39.3 Å². The summed E-state index contributed by atoms with van der Waals surface area (Å²) in [7, 11) is 0. The van der Waals surface area contributed by atoms with Crippen molar-refractivity contribution in [3.05, 3.63) is 28.7 Å². The molecule has 0 radical (unpaired) electrons. The molecule has 29 heavy (non-hydrogen) atoms. The minimum absolute atomic E-state index is 0.238. The first-order chi connectivity index (χ1) is 14.1. The molecule has 1 aliphatic carbocycles. The van der Waals surface area contributed by atoms with Crippen LogP contribution in [0.4, 0.5) is 10.6 Å². The van der Waals surface area contributed by atoms with Gasteiger partial charge in [0.1, 0.15) is 17.5 Å². The van der Waals surface area contributed by atoms with Crippen molar-refractivity contribution in [3.8, 4) is 17.2 Å². The second-order valence-electron chi connectivity index (χ2n) is 7.69. The van der Waals surface area contributed by atoms with Crippen molar-refractivity contribution >= 4 is 11.9 Å². The highest BCUT2D eigenvalue weighted by atomic mass is 16.6. The smallest absolute Gasteiger partial charge is 0.410 e. The van der Waals surface area contributed by atoms with E-state index in [2.05, 4.69) is 21.3 Å². The van der Waals surface area contributed by atoms with Crippen LogP contribution in [0.1, 0.15) is 67.5 Å². The van der Waals surface area contributed by atoms with E-state index in [4.69, 9.17) is 10.5 Å². The number of hydrogen-bond donors (Lipinski definition) is 2. The molecule has 1 fully saturated rings. The number of pyridine rings is 1. The Morgan fingerprint density at radius 1 is 1.41 bits per heavy atom.